The minimum absolute atomic E-state index is 0.0116. The van der Waals surface area contributed by atoms with E-state index in [1.54, 1.807) is 4.90 Å². The van der Waals surface area contributed by atoms with Crippen LogP contribution in [0, 0.1) is 0 Å². The van der Waals surface area contributed by atoms with Crippen molar-refractivity contribution in [3.05, 3.63) is 23.8 Å². The van der Waals surface area contributed by atoms with Gasteiger partial charge in [0.1, 0.15) is 0 Å². The first kappa shape index (κ1) is 14.0. The van der Waals surface area contributed by atoms with Gasteiger partial charge in [0.2, 0.25) is 6.79 Å². The van der Waals surface area contributed by atoms with Gasteiger partial charge in [-0.05, 0) is 37.5 Å². The summed E-state index contributed by atoms with van der Waals surface area (Å²) in [6, 6.07) is 5.68. The third kappa shape index (κ3) is 3.05. The van der Waals surface area contributed by atoms with E-state index in [-0.39, 0.29) is 31.5 Å². The lowest BCUT2D eigenvalue weighted by Gasteiger charge is -2.24. The average molecular weight is 292 g/mol. The summed E-state index contributed by atoms with van der Waals surface area (Å²) in [7, 11) is 0. The van der Waals surface area contributed by atoms with Crippen LogP contribution in [-0.2, 0) is 0 Å². The first-order valence-electron chi connectivity index (χ1n) is 7.26. The van der Waals surface area contributed by atoms with Crippen molar-refractivity contribution in [2.24, 2.45) is 0 Å². The smallest absolute Gasteiger partial charge is 0.318 e. The van der Waals surface area contributed by atoms with Crippen LogP contribution in [0.15, 0.2) is 18.2 Å². The van der Waals surface area contributed by atoms with Gasteiger partial charge in [-0.2, -0.15) is 0 Å². The highest BCUT2D eigenvalue weighted by atomic mass is 16.7. The lowest BCUT2D eigenvalue weighted by atomic mass is 10.1. The predicted molar refractivity (Wildman–Crippen MR) is 76.3 cm³/mol. The van der Waals surface area contributed by atoms with Crippen LogP contribution in [0.25, 0.3) is 0 Å². The number of benzene rings is 1. The molecule has 3 rings (SSSR count). The predicted octanol–water partition coefficient (Wildman–Crippen LogP) is 1.64. The summed E-state index contributed by atoms with van der Waals surface area (Å²) >= 11 is 0. The van der Waals surface area contributed by atoms with Gasteiger partial charge in [-0.3, -0.25) is 0 Å². The molecule has 0 unspecified atom stereocenters. The summed E-state index contributed by atoms with van der Waals surface area (Å²) in [4.78, 5) is 14.0. The van der Waals surface area contributed by atoms with Gasteiger partial charge in [-0.25, -0.2) is 4.79 Å². The number of nitrogens with zero attached hydrogens (tertiary/aromatic N) is 1. The largest absolute Gasteiger partial charge is 0.454 e. The minimum atomic E-state index is -0.132. The molecule has 0 radical (unpaired) electrons. The number of nitrogens with one attached hydrogen (secondary N) is 1. The number of carbonyl (C=O) groups is 1. The Labute approximate surface area is 123 Å². The molecule has 2 amide bonds. The van der Waals surface area contributed by atoms with Crippen molar-refractivity contribution >= 4 is 6.03 Å². The van der Waals surface area contributed by atoms with Gasteiger partial charge in [0.25, 0.3) is 0 Å². The Balaban J connectivity index is 1.65. The summed E-state index contributed by atoms with van der Waals surface area (Å²) < 4.78 is 10.6. The van der Waals surface area contributed by atoms with Crippen LogP contribution in [0.2, 0.25) is 0 Å². The van der Waals surface area contributed by atoms with Gasteiger partial charge >= 0.3 is 6.03 Å². The van der Waals surface area contributed by atoms with Crippen molar-refractivity contribution in [3.63, 3.8) is 0 Å². The molecule has 1 aliphatic carbocycles. The van der Waals surface area contributed by atoms with E-state index in [1.165, 1.54) is 0 Å². The SMILES string of the molecule is C[C@@H](NC(=O)N(CCO)C1CC1)c1ccc2c(c1)OCO2. The zero-order chi connectivity index (χ0) is 14.8. The number of urea groups is 1. The van der Waals surface area contributed by atoms with Crippen LogP contribution in [0.1, 0.15) is 31.4 Å². The van der Waals surface area contributed by atoms with Gasteiger partial charge in [0, 0.05) is 12.6 Å². The molecule has 1 aromatic rings. The standard InChI is InChI=1S/C15H20N2O4/c1-10(11-2-5-13-14(8-11)21-9-20-13)16-15(19)17(6-7-18)12-3-4-12/h2,5,8,10,12,18H,3-4,6-7,9H2,1H3,(H,16,19)/t10-/m1/s1. The van der Waals surface area contributed by atoms with E-state index in [2.05, 4.69) is 5.32 Å². The second kappa shape index (κ2) is 5.81. The van der Waals surface area contributed by atoms with Crippen LogP contribution in [0.3, 0.4) is 0 Å². The molecule has 0 aromatic heterocycles. The van der Waals surface area contributed by atoms with Crippen molar-refractivity contribution in [2.45, 2.75) is 31.8 Å². The molecule has 1 aliphatic heterocycles. The molecule has 114 valence electrons. The zero-order valence-electron chi connectivity index (χ0n) is 12.0. The van der Waals surface area contributed by atoms with E-state index in [1.807, 2.05) is 25.1 Å². The maximum absolute atomic E-state index is 12.3. The number of hydrogen-bond donors (Lipinski definition) is 2. The summed E-state index contributed by atoms with van der Waals surface area (Å²) in [5.74, 6) is 1.44. The number of fused-ring (bicyclic) bond motifs is 1. The average Bonchev–Trinajstić information content (AvgIpc) is 3.20. The lowest BCUT2D eigenvalue weighted by Crippen LogP contribution is -2.43. The molecule has 1 atom stereocenters. The van der Waals surface area contributed by atoms with E-state index in [9.17, 15) is 4.79 Å². The molecule has 0 spiro atoms. The highest BCUT2D eigenvalue weighted by Crippen LogP contribution is 2.34. The maximum Gasteiger partial charge on any atom is 0.318 e. The molecule has 1 saturated carbocycles. The molecule has 2 N–H and O–H groups in total. The Hall–Kier alpha value is -1.95. The summed E-state index contributed by atoms with van der Waals surface area (Å²) in [5, 5.41) is 12.0. The number of aliphatic hydroxyl groups excluding tert-OH is 1. The quantitative estimate of drug-likeness (QED) is 0.865. The second-order valence-corrected chi connectivity index (χ2v) is 5.43. The minimum Gasteiger partial charge on any atom is -0.454 e. The Morgan fingerprint density at radius 2 is 2.19 bits per heavy atom. The number of aliphatic hydroxyl groups is 1. The second-order valence-electron chi connectivity index (χ2n) is 5.43. The third-order valence-corrected chi connectivity index (χ3v) is 3.83. The van der Waals surface area contributed by atoms with Gasteiger partial charge in [-0.15, -0.1) is 0 Å². The zero-order valence-corrected chi connectivity index (χ0v) is 12.0. The van der Waals surface area contributed by atoms with E-state index in [4.69, 9.17) is 14.6 Å². The number of rotatable bonds is 5. The van der Waals surface area contributed by atoms with E-state index < -0.39 is 0 Å². The maximum atomic E-state index is 12.3. The van der Waals surface area contributed by atoms with Crippen LogP contribution in [0.5, 0.6) is 11.5 Å². The molecule has 1 aromatic carbocycles. The van der Waals surface area contributed by atoms with Gasteiger partial charge in [0.05, 0.1) is 12.6 Å². The van der Waals surface area contributed by atoms with E-state index in [0.29, 0.717) is 12.3 Å². The Morgan fingerprint density at radius 3 is 2.90 bits per heavy atom. The highest BCUT2D eigenvalue weighted by Gasteiger charge is 2.32. The van der Waals surface area contributed by atoms with Gasteiger partial charge in [-0.1, -0.05) is 6.07 Å². The van der Waals surface area contributed by atoms with E-state index in [0.717, 1.165) is 24.2 Å². The molecule has 0 bridgehead atoms. The Bertz CT molecular complexity index is 530. The van der Waals surface area contributed by atoms with Gasteiger partial charge in [0.15, 0.2) is 11.5 Å². The van der Waals surface area contributed by atoms with Gasteiger partial charge < -0.3 is 24.8 Å². The summed E-state index contributed by atoms with van der Waals surface area (Å²) in [5.41, 5.74) is 0.965. The fourth-order valence-electron chi connectivity index (χ4n) is 2.48. The topological polar surface area (TPSA) is 71.0 Å². The molecular formula is C15H20N2O4. The lowest BCUT2D eigenvalue weighted by molar-refractivity contribution is 0.171. The van der Waals surface area contributed by atoms with Crippen LogP contribution in [0.4, 0.5) is 4.79 Å². The number of carbonyl (C=O) groups excluding carboxylic acids is 1. The van der Waals surface area contributed by atoms with Crippen molar-refractivity contribution in [3.8, 4) is 11.5 Å². The van der Waals surface area contributed by atoms with Crippen LogP contribution >= 0.6 is 0 Å². The first-order valence-corrected chi connectivity index (χ1v) is 7.26. The van der Waals surface area contributed by atoms with Crippen LogP contribution in [-0.4, -0.2) is 42.0 Å². The monoisotopic (exact) mass is 292 g/mol. The molecule has 2 aliphatic rings. The Morgan fingerprint density at radius 1 is 1.43 bits per heavy atom. The van der Waals surface area contributed by atoms with Crippen molar-refractivity contribution in [1.29, 1.82) is 0 Å². The molecule has 0 saturated heterocycles. The fourth-order valence-corrected chi connectivity index (χ4v) is 2.48. The first-order chi connectivity index (χ1) is 10.2. The fraction of sp³-hybridized carbons (Fsp3) is 0.533. The van der Waals surface area contributed by atoms with Crippen LogP contribution < -0.4 is 14.8 Å². The van der Waals surface area contributed by atoms with Crippen molar-refractivity contribution < 1.29 is 19.4 Å². The molecule has 1 fully saturated rings. The highest BCUT2D eigenvalue weighted by molar-refractivity contribution is 5.75. The number of hydrogen-bond acceptors (Lipinski definition) is 4. The molecule has 6 heteroatoms. The molecule has 6 nitrogen and oxygen atoms in total. The molecule has 21 heavy (non-hydrogen) atoms. The molecular weight excluding hydrogens is 272 g/mol. The van der Waals surface area contributed by atoms with Crippen molar-refractivity contribution in [1.82, 2.24) is 10.2 Å². The Kier molecular flexibility index (Phi) is 3.88. The van der Waals surface area contributed by atoms with Crippen molar-refractivity contribution in [2.75, 3.05) is 19.9 Å². The normalized spacial score (nSPS) is 17.4. The summed E-state index contributed by atoms with van der Waals surface area (Å²) in [6.07, 6.45) is 2.04. The molecule has 1 heterocycles. The summed E-state index contributed by atoms with van der Waals surface area (Å²) in [6.45, 7) is 2.54. The third-order valence-electron chi connectivity index (χ3n) is 3.83. The number of amides is 2. The number of ether oxygens (including phenoxy) is 2. The van der Waals surface area contributed by atoms with E-state index >= 15 is 0 Å².